The van der Waals surface area contributed by atoms with E-state index in [2.05, 4.69) is 9.47 Å². The van der Waals surface area contributed by atoms with Crippen LogP contribution in [0, 0.1) is 11.3 Å². The number of aliphatic hydroxyl groups is 2. The molecular formula is C17H23N3O5. The number of fused-ring (bicyclic) bond motifs is 2. The molecule has 1 aromatic carbocycles. The quantitative estimate of drug-likeness (QED) is 0.676. The van der Waals surface area contributed by atoms with E-state index >= 15 is 0 Å². The summed E-state index contributed by atoms with van der Waals surface area (Å²) in [7, 11) is 0. The van der Waals surface area contributed by atoms with Gasteiger partial charge in [0, 0.05) is 31.0 Å². The highest BCUT2D eigenvalue weighted by atomic mass is 16.5. The van der Waals surface area contributed by atoms with Crippen LogP contribution >= 0.6 is 0 Å². The number of carboxylic acid groups (broad SMARTS) is 1. The number of hydrogen-bond acceptors (Lipinski definition) is 6. The van der Waals surface area contributed by atoms with Crippen LogP contribution in [0.15, 0.2) is 24.3 Å². The van der Waals surface area contributed by atoms with Crippen LogP contribution in [0.25, 0.3) is 11.0 Å². The minimum atomic E-state index is -0.250. The van der Waals surface area contributed by atoms with E-state index in [4.69, 9.17) is 19.6 Å². The van der Waals surface area contributed by atoms with Gasteiger partial charge in [0.15, 0.2) is 0 Å². The zero-order valence-electron chi connectivity index (χ0n) is 13.9. The zero-order chi connectivity index (χ0) is 17.9. The summed E-state index contributed by atoms with van der Waals surface area (Å²) >= 11 is 0. The van der Waals surface area contributed by atoms with E-state index < -0.39 is 0 Å². The maximum atomic E-state index is 9.83. The standard InChI is InChI=1S/C16H21N3O3.CH2O2/c20-6-5-19-14-4-2-1-3-13(14)17-15(19)18-7-12-8-22-11-16(12,9-18)10-21;2-1-3/h1-4,12,20-21H,5-11H2;1H,(H,2,3)/t12-,16-;/m0./s1. The van der Waals surface area contributed by atoms with Crippen molar-refractivity contribution in [3.63, 3.8) is 0 Å². The molecule has 2 aromatic rings. The van der Waals surface area contributed by atoms with Crippen molar-refractivity contribution in [2.45, 2.75) is 6.54 Å². The molecule has 0 unspecified atom stereocenters. The number of imidazole rings is 1. The van der Waals surface area contributed by atoms with E-state index in [1.165, 1.54) is 0 Å². The van der Waals surface area contributed by atoms with Crippen molar-refractivity contribution in [3.05, 3.63) is 24.3 Å². The third-order valence-corrected chi connectivity index (χ3v) is 5.08. The molecule has 2 aliphatic heterocycles. The first-order valence-corrected chi connectivity index (χ1v) is 8.26. The minimum Gasteiger partial charge on any atom is -0.483 e. The topological polar surface area (TPSA) is 108 Å². The van der Waals surface area contributed by atoms with Crippen molar-refractivity contribution in [1.29, 1.82) is 0 Å². The fourth-order valence-corrected chi connectivity index (χ4v) is 3.83. The molecule has 0 saturated carbocycles. The van der Waals surface area contributed by atoms with Gasteiger partial charge in [-0.15, -0.1) is 0 Å². The van der Waals surface area contributed by atoms with Crippen LogP contribution in [0.4, 0.5) is 5.95 Å². The molecule has 8 heteroatoms. The van der Waals surface area contributed by atoms with E-state index in [1.807, 2.05) is 24.3 Å². The van der Waals surface area contributed by atoms with Gasteiger partial charge in [-0.2, -0.15) is 0 Å². The van der Waals surface area contributed by atoms with E-state index in [0.29, 0.717) is 25.7 Å². The normalized spacial score (nSPS) is 24.9. The van der Waals surface area contributed by atoms with E-state index in [-0.39, 0.29) is 25.1 Å². The SMILES string of the molecule is O=CO.OCCn1c(N2C[C@H]3COC[C@@]3(CO)C2)nc2ccccc21. The molecule has 25 heavy (non-hydrogen) atoms. The van der Waals surface area contributed by atoms with Gasteiger partial charge in [0.05, 0.1) is 37.5 Å². The Morgan fingerprint density at radius 2 is 2.12 bits per heavy atom. The van der Waals surface area contributed by atoms with Gasteiger partial charge in [0.25, 0.3) is 6.47 Å². The van der Waals surface area contributed by atoms with E-state index in [9.17, 15) is 10.2 Å². The number of benzene rings is 1. The average Bonchev–Trinajstić information content (AvgIpc) is 3.26. The Balaban J connectivity index is 0.000000569. The molecule has 0 amide bonds. The lowest BCUT2D eigenvalue weighted by Gasteiger charge is -2.25. The second-order valence-corrected chi connectivity index (χ2v) is 6.49. The molecule has 2 aliphatic rings. The van der Waals surface area contributed by atoms with E-state index in [1.54, 1.807) is 0 Å². The summed E-state index contributed by atoms with van der Waals surface area (Å²) in [4.78, 5) is 15.4. The number of aromatic nitrogens is 2. The molecule has 0 aliphatic carbocycles. The molecular weight excluding hydrogens is 326 g/mol. The number of para-hydroxylation sites is 2. The maximum absolute atomic E-state index is 9.83. The van der Waals surface area contributed by atoms with Gasteiger partial charge < -0.3 is 29.5 Å². The van der Waals surface area contributed by atoms with Crippen LogP contribution in [0.2, 0.25) is 0 Å². The summed E-state index contributed by atoms with van der Waals surface area (Å²) in [6, 6.07) is 7.99. The molecule has 2 fully saturated rings. The molecule has 0 bridgehead atoms. The zero-order valence-corrected chi connectivity index (χ0v) is 13.9. The molecule has 2 atom stereocenters. The van der Waals surface area contributed by atoms with Gasteiger partial charge >= 0.3 is 0 Å². The molecule has 0 radical (unpaired) electrons. The van der Waals surface area contributed by atoms with Gasteiger partial charge in [-0.1, -0.05) is 12.1 Å². The molecule has 8 nitrogen and oxygen atoms in total. The largest absolute Gasteiger partial charge is 0.483 e. The molecule has 2 saturated heterocycles. The molecule has 136 valence electrons. The maximum Gasteiger partial charge on any atom is 0.290 e. The lowest BCUT2D eigenvalue weighted by Crippen LogP contribution is -2.35. The van der Waals surface area contributed by atoms with Gasteiger partial charge in [-0.05, 0) is 12.1 Å². The van der Waals surface area contributed by atoms with Crippen molar-refractivity contribution >= 4 is 23.5 Å². The lowest BCUT2D eigenvalue weighted by atomic mass is 9.82. The molecule has 3 N–H and O–H groups in total. The Bertz CT molecular complexity index is 734. The smallest absolute Gasteiger partial charge is 0.290 e. The van der Waals surface area contributed by atoms with E-state index in [0.717, 1.165) is 30.1 Å². The number of anilines is 1. The summed E-state index contributed by atoms with van der Waals surface area (Å²) < 4.78 is 7.64. The summed E-state index contributed by atoms with van der Waals surface area (Å²) in [6.45, 7) is 3.42. The number of hydrogen-bond donors (Lipinski definition) is 3. The number of aliphatic hydroxyl groups excluding tert-OH is 2. The highest BCUT2D eigenvalue weighted by molar-refractivity contribution is 5.79. The van der Waals surface area contributed by atoms with Gasteiger partial charge in [-0.3, -0.25) is 4.79 Å². The number of ether oxygens (including phenoxy) is 1. The minimum absolute atomic E-state index is 0.0822. The third kappa shape index (κ3) is 3.08. The first-order chi connectivity index (χ1) is 12.2. The number of rotatable bonds is 4. The van der Waals surface area contributed by atoms with Crippen molar-refractivity contribution < 1.29 is 24.9 Å². The van der Waals surface area contributed by atoms with Gasteiger partial charge in [-0.25, -0.2) is 4.98 Å². The lowest BCUT2D eigenvalue weighted by molar-refractivity contribution is -0.122. The second kappa shape index (κ2) is 7.38. The Labute approximate surface area is 145 Å². The van der Waals surface area contributed by atoms with Crippen LogP contribution < -0.4 is 4.90 Å². The summed E-state index contributed by atoms with van der Waals surface area (Å²) in [5.41, 5.74) is 1.82. The number of carbonyl (C=O) groups is 1. The molecule has 3 heterocycles. The van der Waals surface area contributed by atoms with Crippen LogP contribution in [-0.2, 0) is 16.1 Å². The Hall–Kier alpha value is -2.16. The van der Waals surface area contributed by atoms with Crippen LogP contribution in [-0.4, -0.2) is 70.9 Å². The predicted octanol–water partition coefficient (Wildman–Crippen LogP) is 0.175. The van der Waals surface area contributed by atoms with Crippen molar-refractivity contribution in [2.24, 2.45) is 11.3 Å². The Kier molecular flexibility index (Phi) is 5.22. The van der Waals surface area contributed by atoms with Crippen LogP contribution in [0.3, 0.4) is 0 Å². The first kappa shape index (κ1) is 17.7. The van der Waals surface area contributed by atoms with Gasteiger partial charge in [0.1, 0.15) is 0 Å². The third-order valence-electron chi connectivity index (χ3n) is 5.08. The van der Waals surface area contributed by atoms with Crippen molar-refractivity contribution in [3.8, 4) is 0 Å². The average molecular weight is 349 g/mol. The fourth-order valence-electron chi connectivity index (χ4n) is 3.83. The van der Waals surface area contributed by atoms with Crippen LogP contribution in [0.5, 0.6) is 0 Å². The fraction of sp³-hybridized carbons (Fsp3) is 0.529. The number of nitrogens with zero attached hydrogens (tertiary/aromatic N) is 3. The van der Waals surface area contributed by atoms with Crippen molar-refractivity contribution in [2.75, 3.05) is 44.4 Å². The molecule has 4 rings (SSSR count). The summed E-state index contributed by atoms with van der Waals surface area (Å²) in [6.07, 6.45) is 0. The highest BCUT2D eigenvalue weighted by Crippen LogP contribution is 2.42. The summed E-state index contributed by atoms with van der Waals surface area (Å²) in [5.74, 6) is 1.23. The Morgan fingerprint density at radius 3 is 2.80 bits per heavy atom. The Morgan fingerprint density at radius 1 is 1.36 bits per heavy atom. The molecule has 0 spiro atoms. The first-order valence-electron chi connectivity index (χ1n) is 8.26. The van der Waals surface area contributed by atoms with Crippen molar-refractivity contribution in [1.82, 2.24) is 9.55 Å². The molecule has 1 aromatic heterocycles. The summed E-state index contributed by atoms with van der Waals surface area (Å²) in [5, 5.41) is 26.1. The monoisotopic (exact) mass is 349 g/mol. The van der Waals surface area contributed by atoms with Crippen LogP contribution in [0.1, 0.15) is 0 Å². The van der Waals surface area contributed by atoms with Gasteiger partial charge in [0.2, 0.25) is 5.95 Å². The highest BCUT2D eigenvalue weighted by Gasteiger charge is 2.51. The predicted molar refractivity (Wildman–Crippen MR) is 91.6 cm³/mol. The second-order valence-electron chi connectivity index (χ2n) is 6.49.